The Hall–Kier alpha value is -2.00. The van der Waals surface area contributed by atoms with Crippen LogP contribution >= 0.6 is 0 Å². The van der Waals surface area contributed by atoms with E-state index in [9.17, 15) is 5.11 Å². The van der Waals surface area contributed by atoms with Crippen molar-refractivity contribution in [3.63, 3.8) is 0 Å². The van der Waals surface area contributed by atoms with E-state index in [0.29, 0.717) is 5.92 Å². The highest BCUT2D eigenvalue weighted by Gasteiger charge is 2.36. The third-order valence-electron chi connectivity index (χ3n) is 4.90. The van der Waals surface area contributed by atoms with E-state index in [4.69, 9.17) is 9.47 Å². The van der Waals surface area contributed by atoms with E-state index in [1.54, 1.807) is 14.2 Å². The zero-order valence-corrected chi connectivity index (χ0v) is 13.8. The molecule has 0 unspecified atom stereocenters. The van der Waals surface area contributed by atoms with Crippen LogP contribution in [0.5, 0.6) is 11.5 Å². The zero-order valence-electron chi connectivity index (χ0n) is 13.8. The van der Waals surface area contributed by atoms with E-state index in [2.05, 4.69) is 12.1 Å². The van der Waals surface area contributed by atoms with Crippen LogP contribution in [-0.2, 0) is 5.60 Å². The minimum atomic E-state index is -0.791. The molecule has 122 valence electrons. The Morgan fingerprint density at radius 2 is 1.70 bits per heavy atom. The minimum absolute atomic E-state index is 0.343. The molecule has 0 aliphatic heterocycles. The number of rotatable bonds is 4. The molecule has 0 saturated heterocycles. The Labute approximate surface area is 137 Å². The molecule has 0 radical (unpaired) electrons. The van der Waals surface area contributed by atoms with Crippen LogP contribution in [0.25, 0.3) is 0 Å². The third kappa shape index (κ3) is 3.35. The fourth-order valence-electron chi connectivity index (χ4n) is 3.61. The van der Waals surface area contributed by atoms with Crippen LogP contribution in [-0.4, -0.2) is 19.3 Å². The van der Waals surface area contributed by atoms with Crippen molar-refractivity contribution in [2.75, 3.05) is 14.2 Å². The second-order valence-electron chi connectivity index (χ2n) is 6.33. The molecule has 0 aromatic heterocycles. The first-order chi connectivity index (χ1) is 11.1. The molecule has 1 aliphatic carbocycles. The minimum Gasteiger partial charge on any atom is -0.497 e. The lowest BCUT2D eigenvalue weighted by Crippen LogP contribution is -2.32. The molecule has 2 atom stereocenters. The summed E-state index contributed by atoms with van der Waals surface area (Å²) in [6.07, 6.45) is 3.63. The van der Waals surface area contributed by atoms with Gasteiger partial charge in [-0.05, 0) is 67.0 Å². The van der Waals surface area contributed by atoms with Gasteiger partial charge < -0.3 is 14.6 Å². The Morgan fingerprint density at radius 1 is 1.00 bits per heavy atom. The molecule has 0 spiro atoms. The summed E-state index contributed by atoms with van der Waals surface area (Å²) in [5, 5.41) is 11.2. The second-order valence-corrected chi connectivity index (χ2v) is 6.33. The summed E-state index contributed by atoms with van der Waals surface area (Å²) in [6.45, 7) is 0. The zero-order chi connectivity index (χ0) is 16.3. The van der Waals surface area contributed by atoms with Crippen molar-refractivity contribution in [1.82, 2.24) is 0 Å². The van der Waals surface area contributed by atoms with Crippen molar-refractivity contribution in [2.45, 2.75) is 37.2 Å². The van der Waals surface area contributed by atoms with E-state index in [-0.39, 0.29) is 0 Å². The van der Waals surface area contributed by atoms with Gasteiger partial charge in [0.1, 0.15) is 11.5 Å². The largest absolute Gasteiger partial charge is 0.497 e. The summed E-state index contributed by atoms with van der Waals surface area (Å²) in [5.41, 5.74) is 1.40. The van der Waals surface area contributed by atoms with E-state index < -0.39 is 5.60 Å². The molecule has 1 aliphatic rings. The Bertz CT molecular complexity index is 667. The van der Waals surface area contributed by atoms with Crippen LogP contribution in [0.3, 0.4) is 0 Å². The predicted octanol–water partition coefficient (Wildman–Crippen LogP) is 4.25. The number of hydrogen-bond donors (Lipinski definition) is 1. The molecule has 0 heterocycles. The van der Waals surface area contributed by atoms with E-state index >= 15 is 0 Å². The van der Waals surface area contributed by atoms with Gasteiger partial charge in [0, 0.05) is 0 Å². The Morgan fingerprint density at radius 3 is 2.43 bits per heavy atom. The number of ether oxygens (including phenoxy) is 2. The standard InChI is InChI=1S/C20H24O3/c1-22-18-9-3-6-15(12-18)16-7-5-11-20(21,14-16)17-8-4-10-19(13-17)23-2/h3-4,6,8-10,12-13,16,21H,5,7,11,14H2,1-2H3/t16-,20-/m1/s1. The highest BCUT2D eigenvalue weighted by molar-refractivity contribution is 5.35. The summed E-state index contributed by atoms with van der Waals surface area (Å²) in [5.74, 6) is 2.01. The smallest absolute Gasteiger partial charge is 0.119 e. The maximum atomic E-state index is 11.2. The molecule has 1 saturated carbocycles. The number of methoxy groups -OCH3 is 2. The molecular weight excluding hydrogens is 288 g/mol. The van der Waals surface area contributed by atoms with Gasteiger partial charge in [-0.15, -0.1) is 0 Å². The third-order valence-corrected chi connectivity index (χ3v) is 4.90. The fraction of sp³-hybridized carbons (Fsp3) is 0.400. The number of aliphatic hydroxyl groups is 1. The number of hydrogen-bond acceptors (Lipinski definition) is 3. The lowest BCUT2D eigenvalue weighted by molar-refractivity contribution is -0.00855. The first kappa shape index (κ1) is 15.9. The van der Waals surface area contributed by atoms with E-state index in [0.717, 1.165) is 42.7 Å². The summed E-state index contributed by atoms with van der Waals surface area (Å²) in [7, 11) is 3.34. The quantitative estimate of drug-likeness (QED) is 0.917. The summed E-state index contributed by atoms with van der Waals surface area (Å²) >= 11 is 0. The topological polar surface area (TPSA) is 38.7 Å². The molecule has 3 heteroatoms. The van der Waals surface area contributed by atoms with Crippen molar-refractivity contribution in [3.8, 4) is 11.5 Å². The number of benzene rings is 2. The maximum absolute atomic E-state index is 11.2. The highest BCUT2D eigenvalue weighted by Crippen LogP contribution is 2.45. The van der Waals surface area contributed by atoms with Gasteiger partial charge in [0.25, 0.3) is 0 Å². The van der Waals surface area contributed by atoms with Crippen molar-refractivity contribution in [2.24, 2.45) is 0 Å². The first-order valence-electron chi connectivity index (χ1n) is 8.15. The van der Waals surface area contributed by atoms with Gasteiger partial charge >= 0.3 is 0 Å². The van der Waals surface area contributed by atoms with Gasteiger partial charge in [-0.3, -0.25) is 0 Å². The second kappa shape index (κ2) is 6.63. The maximum Gasteiger partial charge on any atom is 0.119 e. The van der Waals surface area contributed by atoms with Crippen LogP contribution in [0.15, 0.2) is 48.5 Å². The molecule has 3 nitrogen and oxygen atoms in total. The summed E-state index contributed by atoms with van der Waals surface area (Å²) < 4.78 is 10.6. The van der Waals surface area contributed by atoms with Crippen LogP contribution in [0, 0.1) is 0 Å². The van der Waals surface area contributed by atoms with Crippen molar-refractivity contribution < 1.29 is 14.6 Å². The average Bonchev–Trinajstić information content (AvgIpc) is 2.62. The van der Waals surface area contributed by atoms with Crippen LogP contribution in [0.2, 0.25) is 0 Å². The van der Waals surface area contributed by atoms with E-state index in [1.165, 1.54) is 5.56 Å². The average molecular weight is 312 g/mol. The van der Waals surface area contributed by atoms with Gasteiger partial charge in [0.2, 0.25) is 0 Å². The summed E-state index contributed by atoms with van der Waals surface area (Å²) in [4.78, 5) is 0. The molecule has 23 heavy (non-hydrogen) atoms. The Kier molecular flexibility index (Phi) is 4.58. The molecule has 0 amide bonds. The van der Waals surface area contributed by atoms with Gasteiger partial charge in [-0.25, -0.2) is 0 Å². The lowest BCUT2D eigenvalue weighted by Gasteiger charge is -2.37. The predicted molar refractivity (Wildman–Crippen MR) is 91.1 cm³/mol. The molecular formula is C20H24O3. The summed E-state index contributed by atoms with van der Waals surface area (Å²) in [6, 6.07) is 16.0. The van der Waals surface area contributed by atoms with Crippen molar-refractivity contribution in [3.05, 3.63) is 59.7 Å². The van der Waals surface area contributed by atoms with Crippen LogP contribution in [0.4, 0.5) is 0 Å². The van der Waals surface area contributed by atoms with Gasteiger partial charge in [-0.2, -0.15) is 0 Å². The van der Waals surface area contributed by atoms with E-state index in [1.807, 2.05) is 36.4 Å². The SMILES string of the molecule is COc1cccc([C@@H]2CCC[C@](O)(c3cccc(OC)c3)C2)c1. The highest BCUT2D eigenvalue weighted by atomic mass is 16.5. The van der Waals surface area contributed by atoms with Gasteiger partial charge in [0.15, 0.2) is 0 Å². The fourth-order valence-corrected chi connectivity index (χ4v) is 3.61. The molecule has 2 aromatic carbocycles. The monoisotopic (exact) mass is 312 g/mol. The molecule has 3 rings (SSSR count). The van der Waals surface area contributed by atoms with Crippen LogP contribution in [0.1, 0.15) is 42.7 Å². The molecule has 0 bridgehead atoms. The normalized spacial score (nSPS) is 24.2. The lowest BCUT2D eigenvalue weighted by atomic mass is 9.72. The van der Waals surface area contributed by atoms with Crippen LogP contribution < -0.4 is 9.47 Å². The van der Waals surface area contributed by atoms with Crippen molar-refractivity contribution >= 4 is 0 Å². The Balaban J connectivity index is 1.86. The van der Waals surface area contributed by atoms with Gasteiger partial charge in [-0.1, -0.05) is 24.3 Å². The first-order valence-corrected chi connectivity index (χ1v) is 8.15. The molecule has 1 fully saturated rings. The van der Waals surface area contributed by atoms with Crippen molar-refractivity contribution in [1.29, 1.82) is 0 Å². The molecule has 1 N–H and O–H groups in total. The van der Waals surface area contributed by atoms with Gasteiger partial charge in [0.05, 0.1) is 19.8 Å². The molecule has 2 aromatic rings.